The van der Waals surface area contributed by atoms with Gasteiger partial charge in [0.15, 0.2) is 4.34 Å². The van der Waals surface area contributed by atoms with Crippen molar-refractivity contribution in [3.05, 3.63) is 23.2 Å². The number of hydrogen-bond acceptors (Lipinski definition) is 7. The van der Waals surface area contributed by atoms with Gasteiger partial charge in [0.25, 0.3) is 0 Å². The van der Waals surface area contributed by atoms with Crippen molar-refractivity contribution in [1.82, 2.24) is 10.2 Å². The minimum atomic E-state index is -0.143. The number of thioether (sulfide) groups is 1. The molecule has 0 spiro atoms. The van der Waals surface area contributed by atoms with Gasteiger partial charge in [0, 0.05) is 0 Å². The second-order valence-electron chi connectivity index (χ2n) is 4.42. The van der Waals surface area contributed by atoms with Crippen LogP contribution in [0.15, 0.2) is 22.5 Å². The average Bonchev–Trinajstić information content (AvgIpc) is 2.94. The van der Waals surface area contributed by atoms with Gasteiger partial charge in [-0.3, -0.25) is 4.79 Å². The molecule has 1 N–H and O–H groups in total. The van der Waals surface area contributed by atoms with Crippen molar-refractivity contribution >= 4 is 34.7 Å². The first-order valence-corrected chi connectivity index (χ1v) is 9.05. The van der Waals surface area contributed by atoms with E-state index in [1.165, 1.54) is 23.1 Å². The van der Waals surface area contributed by atoms with Gasteiger partial charge in [-0.1, -0.05) is 29.2 Å². The molecule has 0 bridgehead atoms. The summed E-state index contributed by atoms with van der Waals surface area (Å²) < 4.78 is 11.9. The zero-order chi connectivity index (χ0) is 16.7. The quantitative estimate of drug-likeness (QED) is 0.734. The van der Waals surface area contributed by atoms with Crippen LogP contribution in [0.2, 0.25) is 0 Å². The fourth-order valence-corrected chi connectivity index (χ4v) is 3.44. The Morgan fingerprint density at radius 2 is 1.87 bits per heavy atom. The van der Waals surface area contributed by atoms with Gasteiger partial charge < -0.3 is 14.8 Å². The van der Waals surface area contributed by atoms with Crippen molar-refractivity contribution < 1.29 is 14.3 Å². The largest absolute Gasteiger partial charge is 0.492 e. The number of anilines is 1. The van der Waals surface area contributed by atoms with Gasteiger partial charge in [-0.25, -0.2) is 0 Å². The summed E-state index contributed by atoms with van der Waals surface area (Å²) in [5.41, 5.74) is 0.565. The number of carbonyl (C=O) groups excluding carboxylic acids is 1. The highest BCUT2D eigenvalue weighted by atomic mass is 32.2. The number of aromatic nitrogens is 2. The molecule has 1 aromatic heterocycles. The van der Waals surface area contributed by atoms with Crippen molar-refractivity contribution in [1.29, 1.82) is 0 Å². The van der Waals surface area contributed by atoms with Crippen LogP contribution in [0, 0.1) is 6.92 Å². The SMILES string of the molecule is CCOc1cccc(OCC)c1NC(=O)CSc1nnc(C)s1. The molecular formula is C15H19N3O3S2. The van der Waals surface area contributed by atoms with E-state index >= 15 is 0 Å². The molecule has 0 fully saturated rings. The standard InChI is InChI=1S/C15H19N3O3S2/c1-4-20-11-7-6-8-12(21-5-2)14(11)16-13(19)9-22-15-18-17-10(3)23-15/h6-8H,4-5,9H2,1-3H3,(H,16,19). The monoisotopic (exact) mass is 353 g/mol. The molecule has 1 aromatic carbocycles. The number of aryl methyl sites for hydroxylation is 1. The summed E-state index contributed by atoms with van der Waals surface area (Å²) in [7, 11) is 0. The van der Waals surface area contributed by atoms with Crippen molar-refractivity contribution in [2.24, 2.45) is 0 Å². The van der Waals surface area contributed by atoms with Crippen LogP contribution in [-0.4, -0.2) is 35.1 Å². The second kappa shape index (κ2) is 8.73. The Morgan fingerprint density at radius 1 is 1.22 bits per heavy atom. The van der Waals surface area contributed by atoms with E-state index in [-0.39, 0.29) is 11.7 Å². The van der Waals surface area contributed by atoms with Crippen molar-refractivity contribution in [2.75, 3.05) is 24.3 Å². The minimum absolute atomic E-state index is 0.143. The minimum Gasteiger partial charge on any atom is -0.492 e. The summed E-state index contributed by atoms with van der Waals surface area (Å²) in [6.45, 7) is 6.70. The highest BCUT2D eigenvalue weighted by Gasteiger charge is 2.14. The summed E-state index contributed by atoms with van der Waals surface area (Å²) in [6.07, 6.45) is 0. The number of benzene rings is 1. The van der Waals surface area contributed by atoms with Crippen molar-refractivity contribution in [3.63, 3.8) is 0 Å². The molecule has 0 radical (unpaired) electrons. The summed E-state index contributed by atoms with van der Waals surface area (Å²) in [4.78, 5) is 12.2. The highest BCUT2D eigenvalue weighted by Crippen LogP contribution is 2.35. The molecule has 6 nitrogen and oxygen atoms in total. The highest BCUT2D eigenvalue weighted by molar-refractivity contribution is 8.01. The maximum atomic E-state index is 12.2. The Kier molecular flexibility index (Phi) is 6.66. The third-order valence-corrected chi connectivity index (χ3v) is 4.66. The Bertz CT molecular complexity index is 637. The predicted octanol–water partition coefficient (Wildman–Crippen LogP) is 3.37. The summed E-state index contributed by atoms with van der Waals surface area (Å²) in [5, 5.41) is 11.7. The van der Waals surface area contributed by atoms with E-state index in [2.05, 4.69) is 15.5 Å². The van der Waals surface area contributed by atoms with E-state index in [4.69, 9.17) is 9.47 Å². The van der Waals surface area contributed by atoms with E-state index in [0.29, 0.717) is 30.4 Å². The molecule has 0 aliphatic rings. The molecule has 0 aliphatic carbocycles. The molecule has 1 amide bonds. The van der Waals surface area contributed by atoms with Crippen LogP contribution < -0.4 is 14.8 Å². The fraction of sp³-hybridized carbons (Fsp3) is 0.400. The van der Waals surface area contributed by atoms with Gasteiger partial charge >= 0.3 is 0 Å². The molecule has 0 saturated heterocycles. The Hall–Kier alpha value is -1.80. The summed E-state index contributed by atoms with van der Waals surface area (Å²) in [6, 6.07) is 5.45. The van der Waals surface area contributed by atoms with Crippen LogP contribution in [0.4, 0.5) is 5.69 Å². The van der Waals surface area contributed by atoms with Crippen molar-refractivity contribution in [2.45, 2.75) is 25.1 Å². The van der Waals surface area contributed by atoms with E-state index < -0.39 is 0 Å². The van der Waals surface area contributed by atoms with Gasteiger partial charge in [-0.2, -0.15) is 0 Å². The molecule has 0 atom stereocenters. The van der Waals surface area contributed by atoms with Gasteiger partial charge in [-0.05, 0) is 32.9 Å². The Labute approximate surface area is 143 Å². The number of carbonyl (C=O) groups is 1. The lowest BCUT2D eigenvalue weighted by Gasteiger charge is -2.15. The van der Waals surface area contributed by atoms with Crippen LogP contribution in [-0.2, 0) is 4.79 Å². The van der Waals surface area contributed by atoms with E-state index in [0.717, 1.165) is 9.35 Å². The molecule has 0 saturated carbocycles. The molecule has 23 heavy (non-hydrogen) atoms. The normalized spacial score (nSPS) is 10.4. The first-order chi connectivity index (χ1) is 11.1. The van der Waals surface area contributed by atoms with E-state index in [9.17, 15) is 4.79 Å². The van der Waals surface area contributed by atoms with Crippen LogP contribution in [0.5, 0.6) is 11.5 Å². The predicted molar refractivity (Wildman–Crippen MR) is 92.8 cm³/mol. The molecule has 0 aliphatic heterocycles. The maximum Gasteiger partial charge on any atom is 0.235 e. The first-order valence-electron chi connectivity index (χ1n) is 7.25. The lowest BCUT2D eigenvalue weighted by atomic mass is 10.2. The third-order valence-electron chi connectivity index (χ3n) is 2.69. The molecule has 1 heterocycles. The summed E-state index contributed by atoms with van der Waals surface area (Å²) in [5.74, 6) is 1.31. The van der Waals surface area contributed by atoms with Crippen LogP contribution >= 0.6 is 23.1 Å². The zero-order valence-corrected chi connectivity index (χ0v) is 14.9. The topological polar surface area (TPSA) is 73.3 Å². The number of nitrogens with one attached hydrogen (secondary N) is 1. The number of ether oxygens (including phenoxy) is 2. The maximum absolute atomic E-state index is 12.2. The summed E-state index contributed by atoms with van der Waals surface area (Å²) >= 11 is 2.83. The Morgan fingerprint density at radius 3 is 2.39 bits per heavy atom. The smallest absolute Gasteiger partial charge is 0.235 e. The zero-order valence-electron chi connectivity index (χ0n) is 13.3. The molecule has 2 aromatic rings. The molecule has 124 valence electrons. The fourth-order valence-electron chi connectivity index (χ4n) is 1.83. The van der Waals surface area contributed by atoms with Gasteiger partial charge in [-0.15, -0.1) is 10.2 Å². The lowest BCUT2D eigenvalue weighted by Crippen LogP contribution is -2.16. The third kappa shape index (κ3) is 5.11. The van der Waals surface area contributed by atoms with E-state index in [1.54, 1.807) is 0 Å². The van der Waals surface area contributed by atoms with Crippen LogP contribution in [0.25, 0.3) is 0 Å². The number of amides is 1. The van der Waals surface area contributed by atoms with Crippen LogP contribution in [0.1, 0.15) is 18.9 Å². The molecular weight excluding hydrogens is 334 g/mol. The molecule has 2 rings (SSSR count). The van der Waals surface area contributed by atoms with E-state index in [1.807, 2.05) is 39.0 Å². The van der Waals surface area contributed by atoms with Crippen molar-refractivity contribution in [3.8, 4) is 11.5 Å². The second-order valence-corrected chi connectivity index (χ2v) is 6.82. The van der Waals surface area contributed by atoms with Crippen LogP contribution in [0.3, 0.4) is 0 Å². The number of nitrogens with zero attached hydrogens (tertiary/aromatic N) is 2. The Balaban J connectivity index is 2.06. The number of hydrogen-bond donors (Lipinski definition) is 1. The van der Waals surface area contributed by atoms with Gasteiger partial charge in [0.2, 0.25) is 5.91 Å². The average molecular weight is 353 g/mol. The number of rotatable bonds is 8. The molecule has 0 unspecified atom stereocenters. The first kappa shape index (κ1) is 17.6. The van der Waals surface area contributed by atoms with Gasteiger partial charge in [0.1, 0.15) is 22.2 Å². The molecule has 8 heteroatoms. The van der Waals surface area contributed by atoms with Gasteiger partial charge in [0.05, 0.1) is 19.0 Å². The number of para-hydroxylation sites is 1. The lowest BCUT2D eigenvalue weighted by molar-refractivity contribution is -0.113.